The van der Waals surface area contributed by atoms with Crippen molar-refractivity contribution in [1.82, 2.24) is 0 Å². The van der Waals surface area contributed by atoms with Gasteiger partial charge >= 0.3 is 5.97 Å². The standard InChI is InChI=1S/C12H17NO4/c1-7-4-8(6-9(13)12(15)17-3)11(14)10(5-7)16-2/h4-5,9,14H,6,13H2,1-3H3. The summed E-state index contributed by atoms with van der Waals surface area (Å²) in [5, 5.41) is 9.88. The van der Waals surface area contributed by atoms with Crippen LogP contribution in [0.25, 0.3) is 0 Å². The molecule has 0 radical (unpaired) electrons. The Balaban J connectivity index is 2.98. The third-order valence-corrected chi connectivity index (χ3v) is 2.46. The molecule has 5 nitrogen and oxygen atoms in total. The Morgan fingerprint density at radius 2 is 2.12 bits per heavy atom. The average molecular weight is 239 g/mol. The fourth-order valence-electron chi connectivity index (χ4n) is 1.60. The van der Waals surface area contributed by atoms with Crippen LogP contribution < -0.4 is 10.5 Å². The molecule has 5 heteroatoms. The minimum atomic E-state index is -0.794. The monoisotopic (exact) mass is 239 g/mol. The lowest BCUT2D eigenvalue weighted by molar-refractivity contribution is -0.142. The molecule has 1 atom stereocenters. The Labute approximate surface area is 100 Å². The van der Waals surface area contributed by atoms with Gasteiger partial charge in [-0.1, -0.05) is 6.07 Å². The number of rotatable bonds is 4. The number of ether oxygens (including phenoxy) is 2. The van der Waals surface area contributed by atoms with E-state index in [0.717, 1.165) is 5.56 Å². The molecule has 0 bridgehead atoms. The summed E-state index contributed by atoms with van der Waals surface area (Å²) in [4.78, 5) is 11.2. The first-order chi connectivity index (χ1) is 7.99. The number of hydrogen-bond donors (Lipinski definition) is 2. The minimum absolute atomic E-state index is 0.0115. The van der Waals surface area contributed by atoms with Crippen molar-refractivity contribution in [2.45, 2.75) is 19.4 Å². The Morgan fingerprint density at radius 3 is 2.65 bits per heavy atom. The number of carbonyl (C=O) groups excluding carboxylic acids is 1. The number of phenolic OH excluding ortho intramolecular Hbond substituents is 1. The lowest BCUT2D eigenvalue weighted by Crippen LogP contribution is -2.33. The maximum absolute atomic E-state index is 11.2. The van der Waals surface area contributed by atoms with E-state index in [9.17, 15) is 9.90 Å². The number of phenols is 1. The van der Waals surface area contributed by atoms with Crippen LogP contribution in [0.2, 0.25) is 0 Å². The van der Waals surface area contributed by atoms with Gasteiger partial charge in [-0.3, -0.25) is 4.79 Å². The van der Waals surface area contributed by atoms with Crippen LogP contribution in [0.1, 0.15) is 11.1 Å². The van der Waals surface area contributed by atoms with E-state index in [1.807, 2.05) is 6.92 Å². The minimum Gasteiger partial charge on any atom is -0.504 e. The SMILES string of the molecule is COC(=O)C(N)Cc1cc(C)cc(OC)c1O. The summed E-state index contributed by atoms with van der Waals surface area (Å²) in [6.07, 6.45) is 0.205. The highest BCUT2D eigenvalue weighted by Crippen LogP contribution is 2.31. The van der Waals surface area contributed by atoms with Crippen molar-refractivity contribution < 1.29 is 19.4 Å². The number of aromatic hydroxyl groups is 1. The van der Waals surface area contributed by atoms with E-state index in [1.165, 1.54) is 14.2 Å². The topological polar surface area (TPSA) is 81.8 Å². The van der Waals surface area contributed by atoms with Crippen molar-refractivity contribution in [2.24, 2.45) is 5.73 Å². The molecule has 0 aliphatic heterocycles. The van der Waals surface area contributed by atoms with Crippen LogP contribution in [0, 0.1) is 6.92 Å². The predicted octanol–water partition coefficient (Wildman–Crippen LogP) is 0.752. The second-order valence-corrected chi connectivity index (χ2v) is 3.81. The van der Waals surface area contributed by atoms with Crippen molar-refractivity contribution in [1.29, 1.82) is 0 Å². The first-order valence-electron chi connectivity index (χ1n) is 5.19. The quantitative estimate of drug-likeness (QED) is 0.758. The van der Waals surface area contributed by atoms with E-state index < -0.39 is 12.0 Å². The second kappa shape index (κ2) is 5.54. The predicted molar refractivity (Wildman–Crippen MR) is 63.1 cm³/mol. The van der Waals surface area contributed by atoms with Crippen LogP contribution in [0.3, 0.4) is 0 Å². The lowest BCUT2D eigenvalue weighted by atomic mass is 10.0. The normalized spacial score (nSPS) is 12.0. The van der Waals surface area contributed by atoms with Gasteiger partial charge in [-0.2, -0.15) is 0 Å². The lowest BCUT2D eigenvalue weighted by Gasteiger charge is -2.13. The Morgan fingerprint density at radius 1 is 1.47 bits per heavy atom. The van der Waals surface area contributed by atoms with Gasteiger partial charge in [0.15, 0.2) is 11.5 Å². The van der Waals surface area contributed by atoms with Crippen LogP contribution in [0.15, 0.2) is 12.1 Å². The molecule has 0 saturated carbocycles. The molecule has 94 valence electrons. The zero-order chi connectivity index (χ0) is 13.0. The number of carbonyl (C=O) groups is 1. The van der Waals surface area contributed by atoms with Gasteiger partial charge in [-0.05, 0) is 18.6 Å². The molecule has 17 heavy (non-hydrogen) atoms. The van der Waals surface area contributed by atoms with Crippen LogP contribution in [-0.2, 0) is 16.0 Å². The van der Waals surface area contributed by atoms with E-state index in [1.54, 1.807) is 12.1 Å². The van der Waals surface area contributed by atoms with Crippen molar-refractivity contribution in [3.63, 3.8) is 0 Å². The molecule has 1 aromatic rings. The maximum Gasteiger partial charge on any atom is 0.322 e. The molecule has 0 amide bonds. The highest BCUT2D eigenvalue weighted by molar-refractivity contribution is 5.76. The van der Waals surface area contributed by atoms with Crippen molar-refractivity contribution in [3.05, 3.63) is 23.3 Å². The smallest absolute Gasteiger partial charge is 0.322 e. The molecule has 1 unspecified atom stereocenters. The van der Waals surface area contributed by atoms with E-state index >= 15 is 0 Å². The van der Waals surface area contributed by atoms with Gasteiger partial charge in [0.25, 0.3) is 0 Å². The zero-order valence-electron chi connectivity index (χ0n) is 10.2. The average Bonchev–Trinajstić information content (AvgIpc) is 2.31. The number of aryl methyl sites for hydroxylation is 1. The molecule has 0 aliphatic carbocycles. The number of hydrogen-bond acceptors (Lipinski definition) is 5. The van der Waals surface area contributed by atoms with Crippen LogP contribution >= 0.6 is 0 Å². The van der Waals surface area contributed by atoms with Gasteiger partial charge in [-0.25, -0.2) is 0 Å². The Bertz CT molecular complexity index is 417. The Kier molecular flexibility index (Phi) is 4.34. The number of methoxy groups -OCH3 is 2. The van der Waals surface area contributed by atoms with E-state index in [0.29, 0.717) is 11.3 Å². The zero-order valence-corrected chi connectivity index (χ0v) is 10.2. The van der Waals surface area contributed by atoms with Crippen LogP contribution in [0.4, 0.5) is 0 Å². The summed E-state index contributed by atoms with van der Waals surface area (Å²) in [6.45, 7) is 1.87. The fourth-order valence-corrected chi connectivity index (χ4v) is 1.60. The number of esters is 1. The van der Waals surface area contributed by atoms with Crippen LogP contribution in [-0.4, -0.2) is 31.3 Å². The highest BCUT2D eigenvalue weighted by atomic mass is 16.5. The summed E-state index contributed by atoms with van der Waals surface area (Å²) in [6, 6.07) is 2.68. The second-order valence-electron chi connectivity index (χ2n) is 3.81. The first-order valence-corrected chi connectivity index (χ1v) is 5.19. The maximum atomic E-state index is 11.2. The summed E-state index contributed by atoms with van der Waals surface area (Å²) in [5.74, 6) is -0.126. The molecule has 0 aliphatic rings. The van der Waals surface area contributed by atoms with Crippen molar-refractivity contribution >= 4 is 5.97 Å². The molecule has 0 spiro atoms. The van der Waals surface area contributed by atoms with Crippen LogP contribution in [0.5, 0.6) is 11.5 Å². The molecule has 0 saturated heterocycles. The summed E-state index contributed by atoms with van der Waals surface area (Å²) < 4.78 is 9.56. The highest BCUT2D eigenvalue weighted by Gasteiger charge is 2.18. The van der Waals surface area contributed by atoms with Gasteiger partial charge in [-0.15, -0.1) is 0 Å². The van der Waals surface area contributed by atoms with E-state index in [2.05, 4.69) is 4.74 Å². The largest absolute Gasteiger partial charge is 0.504 e. The van der Waals surface area contributed by atoms with Crippen molar-refractivity contribution in [3.8, 4) is 11.5 Å². The summed E-state index contributed by atoms with van der Waals surface area (Å²) in [5.41, 5.74) is 7.14. The van der Waals surface area contributed by atoms with Gasteiger partial charge < -0.3 is 20.3 Å². The summed E-state index contributed by atoms with van der Waals surface area (Å²) in [7, 11) is 2.75. The third kappa shape index (κ3) is 3.10. The van der Waals surface area contributed by atoms with Gasteiger partial charge in [0.1, 0.15) is 6.04 Å². The molecule has 1 aromatic carbocycles. The molecular formula is C12H17NO4. The first kappa shape index (κ1) is 13.3. The number of nitrogens with two attached hydrogens (primary N) is 1. The molecule has 0 aromatic heterocycles. The van der Waals surface area contributed by atoms with E-state index in [-0.39, 0.29) is 12.2 Å². The number of benzene rings is 1. The molecular weight excluding hydrogens is 222 g/mol. The van der Waals surface area contributed by atoms with Crippen molar-refractivity contribution in [2.75, 3.05) is 14.2 Å². The third-order valence-electron chi connectivity index (χ3n) is 2.46. The Hall–Kier alpha value is -1.75. The molecule has 0 fully saturated rings. The van der Waals surface area contributed by atoms with Gasteiger partial charge in [0.2, 0.25) is 0 Å². The summed E-state index contributed by atoms with van der Waals surface area (Å²) >= 11 is 0. The molecule has 1 rings (SSSR count). The van der Waals surface area contributed by atoms with Gasteiger partial charge in [0, 0.05) is 12.0 Å². The van der Waals surface area contributed by atoms with Gasteiger partial charge in [0.05, 0.1) is 14.2 Å². The fraction of sp³-hybridized carbons (Fsp3) is 0.417. The van der Waals surface area contributed by atoms with E-state index in [4.69, 9.17) is 10.5 Å². The molecule has 0 heterocycles. The molecule has 3 N–H and O–H groups in total.